The van der Waals surface area contributed by atoms with Crippen LogP contribution < -0.4 is 15.2 Å². The maximum atomic E-state index is 12.5. The fraction of sp³-hybridized carbons (Fsp3) is 0.571. The largest absolute Gasteiger partial charge is 0.494 e. The average Bonchev–Trinajstić information content (AvgIpc) is 2.88. The Morgan fingerprint density at radius 3 is 2.57 bits per heavy atom. The Balaban J connectivity index is 0.00000220. The highest BCUT2D eigenvalue weighted by atomic mass is 35.5. The zero-order valence-corrected chi connectivity index (χ0v) is 13.8. The molecule has 0 radical (unpaired) electrons. The van der Waals surface area contributed by atoms with Crippen LogP contribution in [0.2, 0.25) is 0 Å². The van der Waals surface area contributed by atoms with Crippen molar-refractivity contribution < 1.29 is 13.2 Å². The lowest BCUT2D eigenvalue weighted by atomic mass is 10.0. The van der Waals surface area contributed by atoms with Gasteiger partial charge in [-0.1, -0.05) is 18.9 Å². The van der Waals surface area contributed by atoms with E-state index in [0.29, 0.717) is 18.9 Å². The molecular formula is C14H23ClN2O3S. The first kappa shape index (κ1) is 18.2. The number of nitrogens with one attached hydrogen (secondary N) is 1. The second kappa shape index (κ2) is 7.45. The van der Waals surface area contributed by atoms with Gasteiger partial charge in [0.1, 0.15) is 5.75 Å². The van der Waals surface area contributed by atoms with Gasteiger partial charge < -0.3 is 10.5 Å². The van der Waals surface area contributed by atoms with E-state index in [9.17, 15) is 8.42 Å². The van der Waals surface area contributed by atoms with Gasteiger partial charge in [-0.05, 0) is 31.9 Å². The molecule has 2 rings (SSSR count). The third-order valence-electron chi connectivity index (χ3n) is 3.73. The van der Waals surface area contributed by atoms with Gasteiger partial charge in [-0.25, -0.2) is 13.1 Å². The summed E-state index contributed by atoms with van der Waals surface area (Å²) in [6.07, 6.45) is 3.62. The molecule has 1 aliphatic carbocycles. The second-order valence-corrected chi connectivity index (χ2v) is 6.89. The fourth-order valence-corrected chi connectivity index (χ4v) is 4.15. The van der Waals surface area contributed by atoms with Crippen molar-refractivity contribution in [1.82, 2.24) is 4.72 Å². The zero-order chi connectivity index (χ0) is 14.6. The Labute approximate surface area is 132 Å². The Morgan fingerprint density at radius 1 is 1.33 bits per heavy atom. The molecule has 1 saturated carbocycles. The van der Waals surface area contributed by atoms with E-state index in [2.05, 4.69) is 4.72 Å². The van der Waals surface area contributed by atoms with Gasteiger partial charge in [-0.2, -0.15) is 0 Å². The number of ether oxygens (including phenoxy) is 1. The highest BCUT2D eigenvalue weighted by molar-refractivity contribution is 7.89. The van der Waals surface area contributed by atoms with E-state index in [-0.39, 0.29) is 17.3 Å². The molecular weight excluding hydrogens is 312 g/mol. The zero-order valence-electron chi connectivity index (χ0n) is 12.2. The predicted octanol–water partition coefficient (Wildman–Crippen LogP) is 2.06. The van der Waals surface area contributed by atoms with E-state index < -0.39 is 15.6 Å². The normalized spacial score (nSPS) is 17.2. The summed E-state index contributed by atoms with van der Waals surface area (Å²) in [5, 5.41) is 0. The molecule has 0 aromatic heterocycles. The van der Waals surface area contributed by atoms with Crippen molar-refractivity contribution >= 4 is 22.4 Å². The standard InChI is InChI=1S/C14H22N2O3S.ClH/c1-2-19-12-6-5-7-13(10-12)20(17,18)16-14(11-15)8-3-4-9-14;/h5-7,10,16H,2-4,8-9,11,15H2,1H3;1H. The third-order valence-corrected chi connectivity index (χ3v) is 5.31. The Kier molecular flexibility index (Phi) is 6.46. The molecule has 120 valence electrons. The number of rotatable bonds is 6. The molecule has 0 amide bonds. The van der Waals surface area contributed by atoms with Crippen molar-refractivity contribution in [3.63, 3.8) is 0 Å². The van der Waals surface area contributed by atoms with E-state index in [1.165, 1.54) is 0 Å². The minimum absolute atomic E-state index is 0. The molecule has 1 fully saturated rings. The first-order valence-electron chi connectivity index (χ1n) is 6.98. The third kappa shape index (κ3) is 4.32. The number of hydrogen-bond donors (Lipinski definition) is 2. The van der Waals surface area contributed by atoms with Crippen molar-refractivity contribution in [3.05, 3.63) is 24.3 Å². The minimum Gasteiger partial charge on any atom is -0.494 e. The Hall–Kier alpha value is -0.820. The summed E-state index contributed by atoms with van der Waals surface area (Å²) < 4.78 is 33.1. The molecule has 21 heavy (non-hydrogen) atoms. The van der Waals surface area contributed by atoms with Crippen LogP contribution in [0.4, 0.5) is 0 Å². The summed E-state index contributed by atoms with van der Waals surface area (Å²) in [6, 6.07) is 6.55. The quantitative estimate of drug-likeness (QED) is 0.834. The first-order valence-corrected chi connectivity index (χ1v) is 8.46. The van der Waals surface area contributed by atoms with Gasteiger partial charge >= 0.3 is 0 Å². The minimum atomic E-state index is -3.57. The van der Waals surface area contributed by atoms with Crippen LogP contribution in [0.5, 0.6) is 5.75 Å². The molecule has 5 nitrogen and oxygen atoms in total. The van der Waals surface area contributed by atoms with Crippen LogP contribution in [0, 0.1) is 0 Å². The molecule has 7 heteroatoms. The highest BCUT2D eigenvalue weighted by Crippen LogP contribution is 2.30. The summed E-state index contributed by atoms with van der Waals surface area (Å²) in [4.78, 5) is 0.225. The molecule has 1 aromatic rings. The monoisotopic (exact) mass is 334 g/mol. The van der Waals surface area contributed by atoms with E-state index in [1.54, 1.807) is 24.3 Å². The van der Waals surface area contributed by atoms with Gasteiger partial charge in [0.15, 0.2) is 0 Å². The van der Waals surface area contributed by atoms with Crippen molar-refractivity contribution in [1.29, 1.82) is 0 Å². The maximum absolute atomic E-state index is 12.5. The molecule has 0 atom stereocenters. The lowest BCUT2D eigenvalue weighted by Gasteiger charge is -2.28. The van der Waals surface area contributed by atoms with E-state index in [4.69, 9.17) is 10.5 Å². The van der Waals surface area contributed by atoms with E-state index in [1.807, 2.05) is 6.92 Å². The fourth-order valence-electron chi connectivity index (χ4n) is 2.64. The summed E-state index contributed by atoms with van der Waals surface area (Å²) in [6.45, 7) is 2.70. The molecule has 0 spiro atoms. The Morgan fingerprint density at radius 2 is 2.00 bits per heavy atom. The number of benzene rings is 1. The van der Waals surface area contributed by atoms with Gasteiger partial charge in [-0.3, -0.25) is 0 Å². The van der Waals surface area contributed by atoms with Gasteiger partial charge in [-0.15, -0.1) is 12.4 Å². The molecule has 0 heterocycles. The molecule has 0 aliphatic heterocycles. The molecule has 0 saturated heterocycles. The highest BCUT2D eigenvalue weighted by Gasteiger charge is 2.36. The van der Waals surface area contributed by atoms with Crippen LogP contribution in [0.15, 0.2) is 29.2 Å². The summed E-state index contributed by atoms with van der Waals surface area (Å²) >= 11 is 0. The van der Waals surface area contributed by atoms with Crippen molar-refractivity contribution in [3.8, 4) is 5.75 Å². The summed E-state index contributed by atoms with van der Waals surface area (Å²) in [5.74, 6) is 0.559. The predicted molar refractivity (Wildman–Crippen MR) is 85.4 cm³/mol. The number of sulfonamides is 1. The van der Waals surface area contributed by atoms with Crippen molar-refractivity contribution in [2.24, 2.45) is 5.73 Å². The van der Waals surface area contributed by atoms with Gasteiger partial charge in [0.2, 0.25) is 10.0 Å². The lowest BCUT2D eigenvalue weighted by Crippen LogP contribution is -2.51. The topological polar surface area (TPSA) is 81.4 Å². The summed E-state index contributed by atoms with van der Waals surface area (Å²) in [5.41, 5.74) is 5.29. The maximum Gasteiger partial charge on any atom is 0.241 e. The van der Waals surface area contributed by atoms with Gasteiger partial charge in [0.25, 0.3) is 0 Å². The lowest BCUT2D eigenvalue weighted by molar-refractivity contribution is 0.339. The van der Waals surface area contributed by atoms with Gasteiger partial charge in [0, 0.05) is 18.2 Å². The van der Waals surface area contributed by atoms with Crippen LogP contribution in [0.3, 0.4) is 0 Å². The van der Waals surface area contributed by atoms with Crippen LogP contribution in [-0.4, -0.2) is 27.1 Å². The van der Waals surface area contributed by atoms with E-state index >= 15 is 0 Å². The number of nitrogens with two attached hydrogens (primary N) is 1. The number of halogens is 1. The molecule has 0 bridgehead atoms. The van der Waals surface area contributed by atoms with Crippen LogP contribution in [0.25, 0.3) is 0 Å². The first-order chi connectivity index (χ1) is 9.51. The molecule has 3 N–H and O–H groups in total. The average molecular weight is 335 g/mol. The van der Waals surface area contributed by atoms with Crippen LogP contribution >= 0.6 is 12.4 Å². The molecule has 1 aromatic carbocycles. The van der Waals surface area contributed by atoms with Crippen LogP contribution in [0.1, 0.15) is 32.6 Å². The number of hydrogen-bond acceptors (Lipinski definition) is 4. The van der Waals surface area contributed by atoms with Gasteiger partial charge in [0.05, 0.1) is 11.5 Å². The molecule has 0 unspecified atom stereocenters. The second-order valence-electron chi connectivity index (χ2n) is 5.20. The summed E-state index contributed by atoms with van der Waals surface area (Å²) in [7, 11) is -3.57. The Bertz CT molecular complexity index is 557. The van der Waals surface area contributed by atoms with Crippen molar-refractivity contribution in [2.45, 2.75) is 43.0 Å². The molecule has 1 aliphatic rings. The smallest absolute Gasteiger partial charge is 0.241 e. The van der Waals surface area contributed by atoms with E-state index in [0.717, 1.165) is 25.7 Å². The van der Waals surface area contributed by atoms with Crippen molar-refractivity contribution in [2.75, 3.05) is 13.2 Å². The van der Waals surface area contributed by atoms with Crippen LogP contribution in [-0.2, 0) is 10.0 Å². The SMILES string of the molecule is CCOc1cccc(S(=O)(=O)NC2(CN)CCCC2)c1.Cl.